The lowest BCUT2D eigenvalue weighted by molar-refractivity contribution is 0.114. The molecule has 3 atom stereocenters. The van der Waals surface area contributed by atoms with Crippen LogP contribution in [0.4, 0.5) is 0 Å². The maximum atomic E-state index is 9.09. The van der Waals surface area contributed by atoms with Gasteiger partial charge in [-0.3, -0.25) is 0 Å². The van der Waals surface area contributed by atoms with Crippen LogP contribution < -0.4 is 5.32 Å². The molecule has 2 nitrogen and oxygen atoms in total. The third-order valence-electron chi connectivity index (χ3n) is 3.65. The molecule has 15 heavy (non-hydrogen) atoms. The summed E-state index contributed by atoms with van der Waals surface area (Å²) >= 11 is 0. The van der Waals surface area contributed by atoms with E-state index in [2.05, 4.69) is 33.0 Å². The summed E-state index contributed by atoms with van der Waals surface area (Å²) in [6.45, 7) is 9.31. The van der Waals surface area contributed by atoms with Gasteiger partial charge < -0.3 is 10.4 Å². The average Bonchev–Trinajstić information content (AvgIpc) is 2.17. The highest BCUT2D eigenvalue weighted by Crippen LogP contribution is 2.38. The van der Waals surface area contributed by atoms with Crippen LogP contribution in [-0.4, -0.2) is 23.8 Å². The third-order valence-corrected chi connectivity index (χ3v) is 3.65. The molecule has 0 amide bonds. The van der Waals surface area contributed by atoms with Crippen LogP contribution in [0.5, 0.6) is 0 Å². The van der Waals surface area contributed by atoms with Crippen molar-refractivity contribution in [1.29, 1.82) is 0 Å². The summed E-state index contributed by atoms with van der Waals surface area (Å²) in [4.78, 5) is 0. The van der Waals surface area contributed by atoms with Crippen molar-refractivity contribution in [2.45, 2.75) is 65.5 Å². The van der Waals surface area contributed by atoms with Gasteiger partial charge in [-0.25, -0.2) is 0 Å². The zero-order valence-corrected chi connectivity index (χ0v) is 10.7. The topological polar surface area (TPSA) is 32.3 Å². The Labute approximate surface area is 94.5 Å². The number of rotatable bonds is 3. The van der Waals surface area contributed by atoms with Gasteiger partial charge in [-0.1, -0.05) is 33.6 Å². The lowest BCUT2D eigenvalue weighted by atomic mass is 9.69. The van der Waals surface area contributed by atoms with Crippen molar-refractivity contribution in [1.82, 2.24) is 5.32 Å². The standard InChI is InChI=1S/C13H27NO/c1-10(9-15)14-12-8-6-5-7-11(12)13(2,3)4/h10-12,14-15H,5-9H2,1-4H3/t10-,11?,12?/m0/s1. The highest BCUT2D eigenvalue weighted by molar-refractivity contribution is 4.89. The predicted molar refractivity (Wildman–Crippen MR) is 64.9 cm³/mol. The molecule has 1 aliphatic rings. The van der Waals surface area contributed by atoms with Crippen LogP contribution in [0.2, 0.25) is 0 Å². The summed E-state index contributed by atoms with van der Waals surface area (Å²) in [5.41, 5.74) is 0.382. The molecule has 0 aliphatic heterocycles. The average molecular weight is 213 g/mol. The van der Waals surface area contributed by atoms with E-state index in [4.69, 9.17) is 5.11 Å². The second-order valence-electron chi connectivity index (χ2n) is 6.11. The normalized spacial score (nSPS) is 30.2. The number of hydrogen-bond donors (Lipinski definition) is 2. The molecule has 0 aromatic rings. The van der Waals surface area contributed by atoms with Crippen LogP contribution in [0.15, 0.2) is 0 Å². The maximum absolute atomic E-state index is 9.09. The first-order chi connectivity index (χ1) is 6.95. The van der Waals surface area contributed by atoms with E-state index < -0.39 is 0 Å². The summed E-state index contributed by atoms with van der Waals surface area (Å²) in [7, 11) is 0. The van der Waals surface area contributed by atoms with Gasteiger partial charge in [0.05, 0.1) is 6.61 Å². The van der Waals surface area contributed by atoms with Crippen molar-refractivity contribution in [3.63, 3.8) is 0 Å². The highest BCUT2D eigenvalue weighted by atomic mass is 16.3. The van der Waals surface area contributed by atoms with Crippen LogP contribution in [0.25, 0.3) is 0 Å². The van der Waals surface area contributed by atoms with Gasteiger partial charge in [0.2, 0.25) is 0 Å². The number of hydrogen-bond acceptors (Lipinski definition) is 2. The predicted octanol–water partition coefficient (Wildman–Crippen LogP) is 2.56. The van der Waals surface area contributed by atoms with Crippen molar-refractivity contribution < 1.29 is 5.11 Å². The van der Waals surface area contributed by atoms with E-state index in [-0.39, 0.29) is 12.6 Å². The van der Waals surface area contributed by atoms with Crippen LogP contribution in [0.1, 0.15) is 53.4 Å². The van der Waals surface area contributed by atoms with Crippen molar-refractivity contribution >= 4 is 0 Å². The van der Waals surface area contributed by atoms with Gasteiger partial charge in [-0.05, 0) is 31.1 Å². The van der Waals surface area contributed by atoms with Crippen LogP contribution in [0, 0.1) is 11.3 Å². The fraction of sp³-hybridized carbons (Fsp3) is 1.00. The molecule has 1 saturated carbocycles. The minimum atomic E-state index is 0.234. The maximum Gasteiger partial charge on any atom is 0.0582 e. The quantitative estimate of drug-likeness (QED) is 0.755. The Balaban J connectivity index is 2.58. The SMILES string of the molecule is C[C@@H](CO)NC1CCCCC1C(C)(C)C. The third kappa shape index (κ3) is 3.76. The monoisotopic (exact) mass is 213 g/mol. The van der Waals surface area contributed by atoms with Gasteiger partial charge >= 0.3 is 0 Å². The molecule has 2 N–H and O–H groups in total. The molecule has 1 aliphatic carbocycles. The fourth-order valence-corrected chi connectivity index (χ4v) is 2.79. The van der Waals surface area contributed by atoms with Gasteiger partial charge in [0.15, 0.2) is 0 Å². The lowest BCUT2D eigenvalue weighted by Gasteiger charge is -2.42. The van der Waals surface area contributed by atoms with Crippen LogP contribution in [0.3, 0.4) is 0 Å². The zero-order chi connectivity index (χ0) is 11.5. The summed E-state index contributed by atoms with van der Waals surface area (Å²) in [5.74, 6) is 0.750. The number of aliphatic hydroxyl groups is 1. The minimum absolute atomic E-state index is 0.234. The Morgan fingerprint density at radius 3 is 2.40 bits per heavy atom. The molecule has 2 unspecified atom stereocenters. The Morgan fingerprint density at radius 2 is 1.87 bits per heavy atom. The van der Waals surface area contributed by atoms with E-state index in [0.29, 0.717) is 11.5 Å². The molecule has 0 bridgehead atoms. The van der Waals surface area contributed by atoms with Gasteiger partial charge in [0.25, 0.3) is 0 Å². The molecule has 0 spiro atoms. The highest BCUT2D eigenvalue weighted by Gasteiger charge is 2.34. The van der Waals surface area contributed by atoms with Crippen molar-refractivity contribution in [2.24, 2.45) is 11.3 Å². The summed E-state index contributed by atoms with van der Waals surface area (Å²) in [6, 6.07) is 0.832. The van der Waals surface area contributed by atoms with E-state index in [0.717, 1.165) is 5.92 Å². The Morgan fingerprint density at radius 1 is 1.27 bits per heavy atom. The largest absolute Gasteiger partial charge is 0.395 e. The zero-order valence-electron chi connectivity index (χ0n) is 10.7. The van der Waals surface area contributed by atoms with Crippen molar-refractivity contribution in [3.05, 3.63) is 0 Å². The second-order valence-corrected chi connectivity index (χ2v) is 6.11. The summed E-state index contributed by atoms with van der Waals surface area (Å²) in [5, 5.41) is 12.7. The molecule has 0 heterocycles. The van der Waals surface area contributed by atoms with Crippen molar-refractivity contribution in [3.8, 4) is 0 Å². The smallest absolute Gasteiger partial charge is 0.0582 e. The first-order valence-corrected chi connectivity index (χ1v) is 6.32. The molecule has 0 radical (unpaired) electrons. The molecule has 0 saturated heterocycles. The fourth-order valence-electron chi connectivity index (χ4n) is 2.79. The Hall–Kier alpha value is -0.0800. The molecular formula is C13H27NO. The second kappa shape index (κ2) is 5.31. The van der Waals surface area contributed by atoms with Crippen LogP contribution in [-0.2, 0) is 0 Å². The molecule has 2 heteroatoms. The number of nitrogens with one attached hydrogen (secondary N) is 1. The molecule has 0 aromatic carbocycles. The van der Waals surface area contributed by atoms with E-state index in [1.54, 1.807) is 0 Å². The van der Waals surface area contributed by atoms with Crippen LogP contribution >= 0.6 is 0 Å². The summed E-state index contributed by atoms with van der Waals surface area (Å²) < 4.78 is 0. The molecule has 90 valence electrons. The molecular weight excluding hydrogens is 186 g/mol. The number of aliphatic hydroxyl groups excluding tert-OH is 1. The van der Waals surface area contributed by atoms with E-state index >= 15 is 0 Å². The first kappa shape index (κ1) is 13.0. The lowest BCUT2D eigenvalue weighted by Crippen LogP contribution is -2.48. The minimum Gasteiger partial charge on any atom is -0.395 e. The molecule has 1 rings (SSSR count). The summed E-state index contributed by atoms with van der Waals surface area (Å²) in [6.07, 6.45) is 5.31. The van der Waals surface area contributed by atoms with Crippen molar-refractivity contribution in [2.75, 3.05) is 6.61 Å². The van der Waals surface area contributed by atoms with Gasteiger partial charge in [-0.15, -0.1) is 0 Å². The Kier molecular flexibility index (Phi) is 4.60. The first-order valence-electron chi connectivity index (χ1n) is 6.32. The Bertz CT molecular complexity index is 185. The van der Waals surface area contributed by atoms with E-state index in [1.807, 2.05) is 0 Å². The molecule has 0 aromatic heterocycles. The van der Waals surface area contributed by atoms with E-state index in [1.165, 1.54) is 25.7 Å². The van der Waals surface area contributed by atoms with Gasteiger partial charge in [-0.2, -0.15) is 0 Å². The van der Waals surface area contributed by atoms with E-state index in [9.17, 15) is 0 Å². The van der Waals surface area contributed by atoms with Gasteiger partial charge in [0.1, 0.15) is 0 Å². The van der Waals surface area contributed by atoms with Gasteiger partial charge in [0, 0.05) is 12.1 Å². The molecule has 1 fully saturated rings.